The van der Waals surface area contributed by atoms with Crippen molar-refractivity contribution in [2.45, 2.75) is 12.5 Å². The second-order valence-corrected chi connectivity index (χ2v) is 3.98. The number of carbonyl (C=O) groups excluding carboxylic acids is 1. The second-order valence-electron chi connectivity index (χ2n) is 3.98. The number of benzene rings is 1. The van der Waals surface area contributed by atoms with E-state index in [9.17, 15) is 4.79 Å². The van der Waals surface area contributed by atoms with Crippen LogP contribution in [0.5, 0.6) is 5.75 Å². The van der Waals surface area contributed by atoms with Crippen molar-refractivity contribution in [2.24, 2.45) is 11.5 Å². The largest absolute Gasteiger partial charge is 0.491 e. The summed E-state index contributed by atoms with van der Waals surface area (Å²) >= 11 is 0. The van der Waals surface area contributed by atoms with E-state index in [1.165, 1.54) is 0 Å². The van der Waals surface area contributed by atoms with E-state index in [0.717, 1.165) is 10.9 Å². The molecule has 18 heavy (non-hydrogen) atoms. The number of para-hydroxylation sites is 1. The van der Waals surface area contributed by atoms with Crippen LogP contribution < -0.4 is 16.2 Å². The van der Waals surface area contributed by atoms with Gasteiger partial charge in [-0.1, -0.05) is 18.2 Å². The summed E-state index contributed by atoms with van der Waals surface area (Å²) in [4.78, 5) is 15.0. The van der Waals surface area contributed by atoms with E-state index in [2.05, 4.69) is 4.98 Å². The lowest BCUT2D eigenvalue weighted by Gasteiger charge is -2.10. The molecule has 0 radical (unpaired) electrons. The van der Waals surface area contributed by atoms with Crippen LogP contribution in [0.2, 0.25) is 0 Å². The zero-order valence-electron chi connectivity index (χ0n) is 9.87. The molecular weight excluding hydrogens is 230 g/mol. The lowest BCUT2D eigenvalue weighted by atomic mass is 10.2. The van der Waals surface area contributed by atoms with E-state index in [1.54, 1.807) is 6.20 Å². The summed E-state index contributed by atoms with van der Waals surface area (Å²) in [5, 5.41) is 1.01. The third-order valence-electron chi connectivity index (χ3n) is 2.65. The Labute approximate surface area is 105 Å². The van der Waals surface area contributed by atoms with Crippen molar-refractivity contribution in [3.63, 3.8) is 0 Å². The fraction of sp³-hybridized carbons (Fsp3) is 0.231. The molecule has 1 amide bonds. The van der Waals surface area contributed by atoms with E-state index in [4.69, 9.17) is 16.2 Å². The molecule has 94 valence electrons. The van der Waals surface area contributed by atoms with Crippen molar-refractivity contribution in [3.05, 3.63) is 36.5 Å². The average molecular weight is 245 g/mol. The van der Waals surface area contributed by atoms with Crippen LogP contribution in [0.15, 0.2) is 36.5 Å². The highest BCUT2D eigenvalue weighted by atomic mass is 16.5. The van der Waals surface area contributed by atoms with Gasteiger partial charge in [-0.3, -0.25) is 9.78 Å². The fourth-order valence-electron chi connectivity index (χ4n) is 1.63. The number of hydrogen-bond acceptors (Lipinski definition) is 4. The van der Waals surface area contributed by atoms with Crippen LogP contribution in [0.3, 0.4) is 0 Å². The molecule has 1 atom stereocenters. The van der Waals surface area contributed by atoms with Crippen molar-refractivity contribution in [1.29, 1.82) is 0 Å². The highest BCUT2D eigenvalue weighted by molar-refractivity contribution is 5.84. The van der Waals surface area contributed by atoms with Gasteiger partial charge in [-0.05, 0) is 12.1 Å². The van der Waals surface area contributed by atoms with Crippen molar-refractivity contribution < 1.29 is 9.53 Å². The lowest BCUT2D eigenvalue weighted by molar-refractivity contribution is -0.119. The van der Waals surface area contributed by atoms with Gasteiger partial charge in [0.2, 0.25) is 5.91 Å². The molecule has 0 aliphatic rings. The smallest absolute Gasteiger partial charge is 0.234 e. The molecule has 5 heteroatoms. The molecule has 0 aliphatic heterocycles. The van der Waals surface area contributed by atoms with Gasteiger partial charge in [0.05, 0.1) is 12.6 Å². The number of primary amides is 1. The van der Waals surface area contributed by atoms with Crippen LogP contribution in [0.1, 0.15) is 6.42 Å². The monoisotopic (exact) mass is 245 g/mol. The molecule has 0 spiro atoms. The van der Waals surface area contributed by atoms with Crippen molar-refractivity contribution >= 4 is 16.8 Å². The van der Waals surface area contributed by atoms with Gasteiger partial charge in [0.1, 0.15) is 11.3 Å². The number of amides is 1. The predicted molar refractivity (Wildman–Crippen MR) is 69.0 cm³/mol. The molecule has 0 aliphatic carbocycles. The van der Waals surface area contributed by atoms with E-state index in [1.807, 2.05) is 30.3 Å². The van der Waals surface area contributed by atoms with Gasteiger partial charge in [0.15, 0.2) is 0 Å². The predicted octanol–water partition coefficient (Wildman–Crippen LogP) is 0.816. The number of nitrogens with zero attached hydrogens (tertiary/aromatic N) is 1. The Morgan fingerprint density at radius 1 is 1.33 bits per heavy atom. The number of hydrogen-bond donors (Lipinski definition) is 2. The summed E-state index contributed by atoms with van der Waals surface area (Å²) < 4.78 is 5.59. The Hall–Kier alpha value is -2.14. The van der Waals surface area contributed by atoms with Crippen LogP contribution in [-0.2, 0) is 4.79 Å². The van der Waals surface area contributed by atoms with Crippen molar-refractivity contribution in [2.75, 3.05) is 6.61 Å². The second kappa shape index (κ2) is 5.46. The Bertz CT molecular complexity index is 551. The summed E-state index contributed by atoms with van der Waals surface area (Å²) in [6, 6.07) is 8.86. The molecule has 2 aromatic rings. The molecule has 2 rings (SSSR count). The van der Waals surface area contributed by atoms with Crippen LogP contribution in [0.25, 0.3) is 10.9 Å². The maximum absolute atomic E-state index is 10.8. The minimum atomic E-state index is -0.673. The topological polar surface area (TPSA) is 91.2 Å². The standard InChI is InChI=1S/C13H15N3O2/c14-10(13(15)17)6-8-18-11-5-1-3-9-4-2-7-16-12(9)11/h1-5,7,10H,6,8,14H2,(H2,15,17). The van der Waals surface area contributed by atoms with E-state index < -0.39 is 11.9 Å². The maximum Gasteiger partial charge on any atom is 0.234 e. The van der Waals surface area contributed by atoms with Crippen LogP contribution in [0.4, 0.5) is 0 Å². The molecule has 1 heterocycles. The summed E-state index contributed by atoms with van der Waals surface area (Å²) in [5.74, 6) is 0.166. The molecule has 0 saturated carbocycles. The average Bonchev–Trinajstić information content (AvgIpc) is 2.38. The molecule has 5 nitrogen and oxygen atoms in total. The van der Waals surface area contributed by atoms with Crippen molar-refractivity contribution in [3.8, 4) is 5.75 Å². The van der Waals surface area contributed by atoms with Gasteiger partial charge < -0.3 is 16.2 Å². The van der Waals surface area contributed by atoms with Gasteiger partial charge in [0, 0.05) is 18.0 Å². The van der Waals surface area contributed by atoms with Gasteiger partial charge in [0.25, 0.3) is 0 Å². The minimum Gasteiger partial charge on any atom is -0.491 e. The van der Waals surface area contributed by atoms with Gasteiger partial charge >= 0.3 is 0 Å². The van der Waals surface area contributed by atoms with Gasteiger partial charge in [-0.2, -0.15) is 0 Å². The summed E-state index contributed by atoms with van der Waals surface area (Å²) in [5.41, 5.74) is 11.4. The van der Waals surface area contributed by atoms with Crippen LogP contribution in [0, 0.1) is 0 Å². The van der Waals surface area contributed by atoms with Crippen molar-refractivity contribution in [1.82, 2.24) is 4.98 Å². The quantitative estimate of drug-likeness (QED) is 0.815. The number of rotatable bonds is 5. The number of nitrogens with two attached hydrogens (primary N) is 2. The highest BCUT2D eigenvalue weighted by Crippen LogP contribution is 2.22. The molecule has 0 fully saturated rings. The molecule has 4 N–H and O–H groups in total. The number of fused-ring (bicyclic) bond motifs is 1. The summed E-state index contributed by atoms with van der Waals surface area (Å²) in [6.45, 7) is 0.333. The number of carbonyl (C=O) groups is 1. The molecule has 0 bridgehead atoms. The number of aromatic nitrogens is 1. The number of ether oxygens (including phenoxy) is 1. The number of pyridine rings is 1. The summed E-state index contributed by atoms with van der Waals surface area (Å²) in [7, 11) is 0. The first kappa shape index (κ1) is 12.3. The molecular formula is C13H15N3O2. The molecule has 0 saturated heterocycles. The first-order chi connectivity index (χ1) is 8.68. The fourth-order valence-corrected chi connectivity index (χ4v) is 1.63. The molecule has 1 aromatic heterocycles. The Morgan fingerprint density at radius 3 is 2.89 bits per heavy atom. The summed E-state index contributed by atoms with van der Waals surface area (Å²) in [6.07, 6.45) is 2.10. The Morgan fingerprint density at radius 2 is 2.11 bits per heavy atom. The SMILES string of the molecule is NC(=O)C(N)CCOc1cccc2cccnc12. The van der Waals surface area contributed by atoms with Crippen LogP contribution >= 0.6 is 0 Å². The zero-order chi connectivity index (χ0) is 13.0. The Kier molecular flexibility index (Phi) is 3.74. The first-order valence-corrected chi connectivity index (χ1v) is 5.70. The third kappa shape index (κ3) is 2.75. The Balaban J connectivity index is 2.06. The third-order valence-corrected chi connectivity index (χ3v) is 2.65. The zero-order valence-corrected chi connectivity index (χ0v) is 9.87. The van der Waals surface area contributed by atoms with Gasteiger partial charge in [-0.15, -0.1) is 0 Å². The minimum absolute atomic E-state index is 0.333. The molecule has 1 unspecified atom stereocenters. The van der Waals surface area contributed by atoms with E-state index in [0.29, 0.717) is 18.8 Å². The normalized spacial score (nSPS) is 12.3. The highest BCUT2D eigenvalue weighted by Gasteiger charge is 2.09. The molecule has 1 aromatic carbocycles. The van der Waals surface area contributed by atoms with E-state index >= 15 is 0 Å². The van der Waals surface area contributed by atoms with E-state index in [-0.39, 0.29) is 0 Å². The lowest BCUT2D eigenvalue weighted by Crippen LogP contribution is -2.37. The van der Waals surface area contributed by atoms with Crippen LogP contribution in [-0.4, -0.2) is 23.5 Å². The first-order valence-electron chi connectivity index (χ1n) is 5.70. The van der Waals surface area contributed by atoms with Gasteiger partial charge in [-0.25, -0.2) is 0 Å². The maximum atomic E-state index is 10.8.